The fourth-order valence-electron chi connectivity index (χ4n) is 4.00. The molecule has 0 saturated heterocycles. The fourth-order valence-corrected chi connectivity index (χ4v) is 4.00. The summed E-state index contributed by atoms with van der Waals surface area (Å²) in [4.78, 5) is 20.7. The van der Waals surface area contributed by atoms with Crippen LogP contribution in [0.1, 0.15) is 59.6 Å². The first-order valence-corrected chi connectivity index (χ1v) is 10.4. The zero-order chi connectivity index (χ0) is 19.8. The molecule has 0 aliphatic heterocycles. The molecule has 6 nitrogen and oxygen atoms in total. The largest absolute Gasteiger partial charge is 0.395 e. The Hall–Kier alpha value is -2.76. The number of hydrogen-bond acceptors (Lipinski definition) is 6. The maximum absolute atomic E-state index is 5.74. The lowest BCUT2D eigenvalue weighted by Gasteiger charge is -2.12. The highest BCUT2D eigenvalue weighted by Gasteiger charge is 2.45. The van der Waals surface area contributed by atoms with Gasteiger partial charge in [-0.25, -0.2) is 0 Å². The third kappa shape index (κ3) is 3.76. The lowest BCUT2D eigenvalue weighted by molar-refractivity contribution is 0.0318. The van der Waals surface area contributed by atoms with Gasteiger partial charge in [0.2, 0.25) is 0 Å². The molecule has 0 spiro atoms. The number of aryl methyl sites for hydroxylation is 4. The molecule has 2 aromatic rings. The van der Waals surface area contributed by atoms with Crippen molar-refractivity contribution in [2.24, 2.45) is 15.7 Å². The molecule has 2 aromatic heterocycles. The third-order valence-electron chi connectivity index (χ3n) is 6.09. The van der Waals surface area contributed by atoms with E-state index in [0.29, 0.717) is 13.2 Å². The Labute approximate surface area is 171 Å². The quantitative estimate of drug-likeness (QED) is 0.702. The van der Waals surface area contributed by atoms with Crippen molar-refractivity contribution in [2.75, 3.05) is 13.2 Å². The van der Waals surface area contributed by atoms with Crippen molar-refractivity contribution in [1.82, 2.24) is 9.97 Å². The second kappa shape index (κ2) is 7.25. The van der Waals surface area contributed by atoms with Crippen LogP contribution in [0.15, 0.2) is 34.6 Å². The van der Waals surface area contributed by atoms with E-state index < -0.39 is 0 Å². The molecule has 5 rings (SSSR count). The first-order chi connectivity index (χ1) is 14.1. The second-order valence-corrected chi connectivity index (χ2v) is 8.54. The molecule has 1 saturated carbocycles. The molecule has 0 amide bonds. The van der Waals surface area contributed by atoms with Gasteiger partial charge in [-0.3, -0.25) is 9.97 Å². The van der Waals surface area contributed by atoms with Crippen molar-refractivity contribution in [3.63, 3.8) is 0 Å². The van der Waals surface area contributed by atoms with Crippen LogP contribution >= 0.6 is 0 Å². The number of aromatic nitrogens is 2. The van der Waals surface area contributed by atoms with Crippen LogP contribution in [-0.2, 0) is 22.5 Å². The number of hydrogen-bond donors (Lipinski definition) is 0. The van der Waals surface area contributed by atoms with Crippen LogP contribution in [0.4, 0.5) is 0 Å². The molecule has 0 atom stereocenters. The first-order valence-electron chi connectivity index (χ1n) is 10.4. The van der Waals surface area contributed by atoms with Gasteiger partial charge in [0.05, 0.1) is 11.4 Å². The Bertz CT molecular complexity index is 930. The summed E-state index contributed by atoms with van der Waals surface area (Å²) in [5.41, 5.74) is 8.52. The Morgan fingerprint density at radius 2 is 1.24 bits per heavy atom. The highest BCUT2D eigenvalue weighted by atomic mass is 16.6. The van der Waals surface area contributed by atoms with Crippen molar-refractivity contribution in [2.45, 2.75) is 52.4 Å². The number of pyridine rings is 2. The molecule has 0 N–H and O–H groups in total. The fraction of sp³-hybridized carbons (Fsp3) is 0.478. The van der Waals surface area contributed by atoms with Gasteiger partial charge in [-0.2, -0.15) is 0 Å². The molecule has 0 bridgehead atoms. The van der Waals surface area contributed by atoms with Crippen LogP contribution in [0.25, 0.3) is 0 Å². The molecule has 0 aromatic carbocycles. The average Bonchev–Trinajstić information content (AvgIpc) is 3.19. The summed E-state index contributed by atoms with van der Waals surface area (Å²) in [6, 6.07) is 8.40. The zero-order valence-electron chi connectivity index (χ0n) is 17.1. The number of rotatable bonds is 6. The van der Waals surface area contributed by atoms with Crippen LogP contribution < -0.4 is 0 Å². The Morgan fingerprint density at radius 3 is 1.69 bits per heavy atom. The molecule has 0 unspecified atom stereocenters. The number of fused-ring (bicyclic) bond motifs is 2. The Morgan fingerprint density at radius 1 is 0.759 bits per heavy atom. The molecular formula is C23H26N4O2. The summed E-state index contributed by atoms with van der Waals surface area (Å²) in [6.45, 7) is 5.15. The normalized spacial score (nSPS) is 21.3. The predicted octanol–water partition coefficient (Wildman–Crippen LogP) is 3.91. The summed E-state index contributed by atoms with van der Waals surface area (Å²) in [5, 5.41) is 8.82. The minimum Gasteiger partial charge on any atom is -0.395 e. The first kappa shape index (κ1) is 18.3. The van der Waals surface area contributed by atoms with Crippen LogP contribution in [0.3, 0.4) is 0 Å². The van der Waals surface area contributed by atoms with E-state index in [2.05, 4.69) is 44.5 Å². The van der Waals surface area contributed by atoms with E-state index in [-0.39, 0.29) is 5.41 Å². The van der Waals surface area contributed by atoms with Gasteiger partial charge in [-0.05, 0) is 75.6 Å². The highest BCUT2D eigenvalue weighted by molar-refractivity contribution is 6.03. The summed E-state index contributed by atoms with van der Waals surface area (Å²) in [6.07, 6.45) is 5.95. The number of nitrogens with zero attached hydrogens (tertiary/aromatic N) is 4. The minimum atomic E-state index is 0.0387. The van der Waals surface area contributed by atoms with E-state index in [1.54, 1.807) is 0 Å². The second-order valence-electron chi connectivity index (χ2n) is 8.54. The van der Waals surface area contributed by atoms with Crippen LogP contribution in [0.5, 0.6) is 0 Å². The van der Waals surface area contributed by atoms with Gasteiger partial charge in [0, 0.05) is 16.8 Å². The minimum absolute atomic E-state index is 0.0387. The molecule has 3 aliphatic carbocycles. The summed E-state index contributed by atoms with van der Waals surface area (Å²) in [5.74, 6) is 0. The maximum Gasteiger partial charge on any atom is 0.126 e. The Balaban J connectivity index is 1.17. The van der Waals surface area contributed by atoms with Crippen LogP contribution in [0, 0.1) is 19.3 Å². The van der Waals surface area contributed by atoms with Gasteiger partial charge < -0.3 is 9.68 Å². The lowest BCUT2D eigenvalue weighted by Crippen LogP contribution is -2.16. The average molecular weight is 390 g/mol. The van der Waals surface area contributed by atoms with Gasteiger partial charge >= 0.3 is 0 Å². The van der Waals surface area contributed by atoms with Gasteiger partial charge in [-0.1, -0.05) is 22.4 Å². The van der Waals surface area contributed by atoms with E-state index in [4.69, 9.17) is 9.68 Å². The van der Waals surface area contributed by atoms with E-state index in [0.717, 1.165) is 72.7 Å². The van der Waals surface area contributed by atoms with Gasteiger partial charge in [0.15, 0.2) is 0 Å². The van der Waals surface area contributed by atoms with Crippen molar-refractivity contribution in [3.8, 4) is 0 Å². The molecule has 3 aliphatic rings. The monoisotopic (exact) mass is 390 g/mol. The van der Waals surface area contributed by atoms with Crippen molar-refractivity contribution >= 4 is 11.4 Å². The maximum atomic E-state index is 5.74. The van der Waals surface area contributed by atoms with E-state index in [1.165, 1.54) is 11.1 Å². The Kier molecular flexibility index (Phi) is 4.57. The zero-order valence-corrected chi connectivity index (χ0v) is 17.1. The summed E-state index contributed by atoms with van der Waals surface area (Å²) < 4.78 is 0. The van der Waals surface area contributed by atoms with Crippen LogP contribution in [0.2, 0.25) is 0 Å². The smallest absolute Gasteiger partial charge is 0.126 e. The van der Waals surface area contributed by atoms with Crippen LogP contribution in [-0.4, -0.2) is 34.6 Å². The van der Waals surface area contributed by atoms with Crippen molar-refractivity contribution in [1.29, 1.82) is 0 Å². The van der Waals surface area contributed by atoms with Gasteiger partial charge in [0.25, 0.3) is 0 Å². The predicted molar refractivity (Wildman–Crippen MR) is 111 cm³/mol. The molecule has 29 heavy (non-hydrogen) atoms. The van der Waals surface area contributed by atoms with Gasteiger partial charge in [-0.15, -0.1) is 0 Å². The topological polar surface area (TPSA) is 69.0 Å². The summed E-state index contributed by atoms with van der Waals surface area (Å²) in [7, 11) is 0. The molecular weight excluding hydrogens is 364 g/mol. The molecule has 150 valence electrons. The SMILES string of the molecule is Cc1ccc2c(n1)C(=NOCC1(CON=C3CCc4ccc(C)nc43)CC1)CC2. The van der Waals surface area contributed by atoms with E-state index >= 15 is 0 Å². The molecule has 6 heteroatoms. The highest BCUT2D eigenvalue weighted by Crippen LogP contribution is 2.46. The van der Waals surface area contributed by atoms with Crippen molar-refractivity contribution in [3.05, 3.63) is 58.2 Å². The molecule has 0 radical (unpaired) electrons. The summed E-state index contributed by atoms with van der Waals surface area (Å²) >= 11 is 0. The standard InChI is InChI=1S/C23H26N4O2/c1-15-3-5-17-7-9-19(21(17)24-15)26-28-13-23(11-12-23)14-29-27-20-10-8-18-6-4-16(2)25-22(18)20/h3-6H,7-14H2,1-2H3. The molecule has 2 heterocycles. The molecule has 1 fully saturated rings. The van der Waals surface area contributed by atoms with E-state index in [9.17, 15) is 0 Å². The lowest BCUT2D eigenvalue weighted by atomic mass is 10.1. The van der Waals surface area contributed by atoms with Gasteiger partial charge in [0.1, 0.15) is 24.6 Å². The van der Waals surface area contributed by atoms with E-state index in [1.807, 2.05) is 13.8 Å². The number of oxime groups is 2. The van der Waals surface area contributed by atoms with Crippen molar-refractivity contribution < 1.29 is 9.68 Å². The third-order valence-corrected chi connectivity index (χ3v) is 6.09.